The average molecular weight is 804 g/mol. The number of anilines is 3. The van der Waals surface area contributed by atoms with Gasteiger partial charge >= 0.3 is 0 Å². The van der Waals surface area contributed by atoms with Crippen LogP contribution in [0.2, 0.25) is 0 Å². The highest BCUT2D eigenvalue weighted by Crippen LogP contribution is 2.53. The van der Waals surface area contributed by atoms with E-state index in [2.05, 4.69) is 231 Å². The highest BCUT2D eigenvalue weighted by atomic mass is 16.3. The molecule has 1 heterocycles. The topological polar surface area (TPSA) is 16.4 Å². The minimum absolute atomic E-state index is 0.161. The molecule has 2 nitrogen and oxygen atoms in total. The lowest BCUT2D eigenvalue weighted by Gasteiger charge is -2.30. The molecule has 0 spiro atoms. The molecule has 12 aromatic rings. The van der Waals surface area contributed by atoms with Crippen molar-refractivity contribution in [3.05, 3.63) is 223 Å². The third kappa shape index (κ3) is 5.25. The number of hydrogen-bond donors (Lipinski definition) is 0. The van der Waals surface area contributed by atoms with Crippen LogP contribution in [0.25, 0.3) is 98.4 Å². The lowest BCUT2D eigenvalue weighted by molar-refractivity contribution is 0.660. The molecule has 0 aliphatic heterocycles. The normalized spacial score (nSPS) is 13.0. The summed E-state index contributed by atoms with van der Waals surface area (Å²) in [5.74, 6) is 0. The van der Waals surface area contributed by atoms with Crippen LogP contribution in [0.1, 0.15) is 25.0 Å². The molecule has 0 amide bonds. The number of hydrogen-bond acceptors (Lipinski definition) is 2. The Morgan fingerprint density at radius 1 is 0.381 bits per heavy atom. The second-order valence-corrected chi connectivity index (χ2v) is 17.6. The molecule has 2 heteroatoms. The standard InChI is InChI=1S/C61H41NO/c1-61(2)53-27-14-12-26-49(53)50-34-32-41(37-54(50)61)62(55-28-15-13-20-42(55)38-17-4-3-5-18-38)56-29-16-30-57-59(56)52-35-39-19-6-7-21-43(39)58(60(52)63-57)40-31-33-48-46-24-9-8-22-44(46)45-23-10-11-25-47(45)51(48)36-40/h3-37H,1-2H3. The van der Waals surface area contributed by atoms with Gasteiger partial charge < -0.3 is 9.32 Å². The van der Waals surface area contributed by atoms with Gasteiger partial charge in [0, 0.05) is 27.6 Å². The maximum absolute atomic E-state index is 7.22. The van der Waals surface area contributed by atoms with Crippen LogP contribution in [-0.4, -0.2) is 0 Å². The first-order valence-electron chi connectivity index (χ1n) is 21.9. The number of fused-ring (bicyclic) bond motifs is 13. The Morgan fingerprint density at radius 3 is 1.76 bits per heavy atom. The summed E-state index contributed by atoms with van der Waals surface area (Å²) >= 11 is 0. The van der Waals surface area contributed by atoms with Crippen molar-refractivity contribution in [2.45, 2.75) is 19.3 Å². The Balaban J connectivity index is 1.10. The van der Waals surface area contributed by atoms with Crippen LogP contribution in [-0.2, 0) is 5.41 Å². The van der Waals surface area contributed by atoms with Crippen molar-refractivity contribution < 1.29 is 4.42 Å². The van der Waals surface area contributed by atoms with Gasteiger partial charge in [0.2, 0.25) is 0 Å². The van der Waals surface area contributed by atoms with E-state index in [1.54, 1.807) is 0 Å². The van der Waals surface area contributed by atoms with Gasteiger partial charge in [-0.3, -0.25) is 0 Å². The molecule has 13 rings (SSSR count). The van der Waals surface area contributed by atoms with Crippen LogP contribution >= 0.6 is 0 Å². The summed E-state index contributed by atoms with van der Waals surface area (Å²) in [5, 5.41) is 12.1. The van der Waals surface area contributed by atoms with Crippen molar-refractivity contribution in [1.29, 1.82) is 0 Å². The van der Waals surface area contributed by atoms with Crippen molar-refractivity contribution in [2.24, 2.45) is 0 Å². The lowest BCUT2D eigenvalue weighted by Crippen LogP contribution is -2.17. The van der Waals surface area contributed by atoms with E-state index in [0.29, 0.717) is 0 Å². The summed E-state index contributed by atoms with van der Waals surface area (Å²) in [6.07, 6.45) is 0. The maximum atomic E-state index is 7.22. The van der Waals surface area contributed by atoms with Crippen molar-refractivity contribution in [3.8, 4) is 33.4 Å². The predicted octanol–water partition coefficient (Wildman–Crippen LogP) is 17.3. The maximum Gasteiger partial charge on any atom is 0.143 e. The molecule has 11 aromatic carbocycles. The Kier molecular flexibility index (Phi) is 7.68. The van der Waals surface area contributed by atoms with Gasteiger partial charge in [-0.2, -0.15) is 0 Å². The Bertz CT molecular complexity index is 3800. The van der Waals surface area contributed by atoms with Crippen LogP contribution < -0.4 is 4.90 Å². The molecule has 0 bridgehead atoms. The van der Waals surface area contributed by atoms with Crippen molar-refractivity contribution >= 4 is 82.1 Å². The number of rotatable bonds is 5. The highest BCUT2D eigenvalue weighted by Gasteiger charge is 2.36. The molecule has 0 unspecified atom stereocenters. The third-order valence-electron chi connectivity index (χ3n) is 13.8. The quantitative estimate of drug-likeness (QED) is 0.161. The SMILES string of the molecule is CC1(C)c2ccccc2-c2ccc(N(c3ccccc3-c3ccccc3)c3cccc4oc5c(-c6ccc7c8ccccc8c8ccccc8c7c6)c6ccccc6cc5c34)cc21. The lowest BCUT2D eigenvalue weighted by atomic mass is 9.82. The summed E-state index contributed by atoms with van der Waals surface area (Å²) in [6.45, 7) is 4.72. The summed E-state index contributed by atoms with van der Waals surface area (Å²) < 4.78 is 7.22. The van der Waals surface area contributed by atoms with Crippen molar-refractivity contribution in [3.63, 3.8) is 0 Å². The van der Waals surface area contributed by atoms with Crippen LogP contribution in [0, 0.1) is 0 Å². The highest BCUT2D eigenvalue weighted by molar-refractivity contribution is 6.27. The smallest absolute Gasteiger partial charge is 0.143 e. The molecule has 1 aromatic heterocycles. The molecule has 1 aliphatic rings. The summed E-state index contributed by atoms with van der Waals surface area (Å²) in [5.41, 5.74) is 14.8. The molecular weight excluding hydrogens is 763 g/mol. The first kappa shape index (κ1) is 35.8. The van der Waals surface area contributed by atoms with Crippen molar-refractivity contribution in [1.82, 2.24) is 0 Å². The summed E-state index contributed by atoms with van der Waals surface area (Å²) in [4.78, 5) is 2.47. The van der Waals surface area contributed by atoms with Crippen molar-refractivity contribution in [2.75, 3.05) is 4.90 Å². The fourth-order valence-electron chi connectivity index (χ4n) is 10.9. The fourth-order valence-corrected chi connectivity index (χ4v) is 10.9. The van der Waals surface area contributed by atoms with E-state index in [1.165, 1.54) is 70.9 Å². The summed E-state index contributed by atoms with van der Waals surface area (Å²) in [6, 6.07) is 77.8. The van der Waals surface area contributed by atoms with Gasteiger partial charge in [0.15, 0.2) is 0 Å². The molecule has 0 fully saturated rings. The molecule has 296 valence electrons. The van der Waals surface area contributed by atoms with Gasteiger partial charge in [-0.05, 0) is 119 Å². The third-order valence-corrected chi connectivity index (χ3v) is 13.8. The predicted molar refractivity (Wildman–Crippen MR) is 267 cm³/mol. The van der Waals surface area contributed by atoms with E-state index in [0.717, 1.165) is 55.7 Å². The van der Waals surface area contributed by atoms with Crippen LogP contribution in [0.5, 0.6) is 0 Å². The number of furan rings is 1. The van der Waals surface area contributed by atoms with Gasteiger partial charge in [-0.25, -0.2) is 0 Å². The number of nitrogens with zero attached hydrogens (tertiary/aromatic N) is 1. The Hall–Kier alpha value is -7.94. The minimum atomic E-state index is -0.161. The second-order valence-electron chi connectivity index (χ2n) is 17.6. The first-order valence-corrected chi connectivity index (χ1v) is 21.9. The van der Waals surface area contributed by atoms with E-state index in [-0.39, 0.29) is 5.41 Å². The monoisotopic (exact) mass is 803 g/mol. The largest absolute Gasteiger partial charge is 0.455 e. The fraction of sp³-hybridized carbons (Fsp3) is 0.0492. The molecule has 0 N–H and O–H groups in total. The molecule has 0 radical (unpaired) electrons. The van der Waals surface area contributed by atoms with Crippen LogP contribution in [0.3, 0.4) is 0 Å². The van der Waals surface area contributed by atoms with Crippen LogP contribution in [0.4, 0.5) is 17.1 Å². The minimum Gasteiger partial charge on any atom is -0.455 e. The zero-order valence-corrected chi connectivity index (χ0v) is 35.1. The Morgan fingerprint density at radius 2 is 0.984 bits per heavy atom. The number of benzene rings is 11. The molecular formula is C61H41NO. The Labute approximate surface area is 365 Å². The molecule has 0 saturated carbocycles. The van der Waals surface area contributed by atoms with Gasteiger partial charge in [0.25, 0.3) is 0 Å². The molecule has 1 aliphatic carbocycles. The number of para-hydroxylation sites is 1. The van der Waals surface area contributed by atoms with Gasteiger partial charge in [-0.1, -0.05) is 184 Å². The molecule has 0 atom stereocenters. The van der Waals surface area contributed by atoms with E-state index in [9.17, 15) is 0 Å². The van der Waals surface area contributed by atoms with E-state index in [1.807, 2.05) is 0 Å². The zero-order chi connectivity index (χ0) is 41.8. The summed E-state index contributed by atoms with van der Waals surface area (Å²) in [7, 11) is 0. The van der Waals surface area contributed by atoms with Gasteiger partial charge in [0.1, 0.15) is 11.2 Å². The van der Waals surface area contributed by atoms with Crippen LogP contribution in [0.15, 0.2) is 217 Å². The second kappa shape index (κ2) is 13.5. The molecule has 0 saturated heterocycles. The van der Waals surface area contributed by atoms with Gasteiger partial charge in [0.05, 0.1) is 16.8 Å². The average Bonchev–Trinajstić information content (AvgIpc) is 3.82. The van der Waals surface area contributed by atoms with E-state index < -0.39 is 0 Å². The molecule has 63 heavy (non-hydrogen) atoms. The first-order chi connectivity index (χ1) is 31.0. The zero-order valence-electron chi connectivity index (χ0n) is 35.1. The van der Waals surface area contributed by atoms with E-state index in [4.69, 9.17) is 4.42 Å². The van der Waals surface area contributed by atoms with E-state index >= 15 is 0 Å². The van der Waals surface area contributed by atoms with Gasteiger partial charge in [-0.15, -0.1) is 0 Å².